The predicted molar refractivity (Wildman–Crippen MR) is 74.9 cm³/mol. The van der Waals surface area contributed by atoms with Gasteiger partial charge in [-0.05, 0) is 6.42 Å². The molecule has 1 rings (SSSR count). The molecule has 0 aliphatic rings. The van der Waals surface area contributed by atoms with E-state index in [-0.39, 0.29) is 16.6 Å². The Morgan fingerprint density at radius 3 is 3.06 bits per heavy atom. The van der Waals surface area contributed by atoms with Gasteiger partial charge in [-0.1, -0.05) is 24.6 Å². The molecule has 0 fully saturated rings. The Balaban J connectivity index is 2.98. The maximum absolute atomic E-state index is 11.8. The van der Waals surface area contributed by atoms with Gasteiger partial charge in [0.05, 0.1) is 18.4 Å². The van der Waals surface area contributed by atoms with Crippen LogP contribution in [-0.4, -0.2) is 15.8 Å². The summed E-state index contributed by atoms with van der Waals surface area (Å²) in [6, 6.07) is 0.0870. The van der Waals surface area contributed by atoms with E-state index in [0.717, 1.165) is 6.42 Å². The summed E-state index contributed by atoms with van der Waals surface area (Å²) >= 11 is 6.01. The maximum Gasteiger partial charge on any atom is 0.287 e. The smallest absolute Gasteiger partial charge is 0.287 e. The van der Waals surface area contributed by atoms with Crippen LogP contribution in [0.5, 0.6) is 0 Å². The average Bonchev–Trinajstić information content (AvgIpc) is 2.37. The van der Waals surface area contributed by atoms with Crippen LogP contribution < -0.4 is 10.9 Å². The van der Waals surface area contributed by atoms with Crippen LogP contribution in [-0.2, 0) is 6.54 Å². The normalized spacial score (nSPS) is 11.6. The summed E-state index contributed by atoms with van der Waals surface area (Å²) in [4.78, 5) is 11.8. The number of rotatable bonds is 6. The third kappa shape index (κ3) is 3.38. The van der Waals surface area contributed by atoms with Gasteiger partial charge in [0.2, 0.25) is 0 Å². The number of allylic oxidation sites excluding steroid dienone is 1. The molecule has 0 aromatic carbocycles. The van der Waals surface area contributed by atoms with Crippen molar-refractivity contribution in [3.8, 4) is 12.3 Å². The Morgan fingerprint density at radius 2 is 2.50 bits per heavy atom. The summed E-state index contributed by atoms with van der Waals surface area (Å²) in [7, 11) is 0. The number of nitrogens with one attached hydrogen (secondary N) is 1. The molecule has 0 radical (unpaired) electrons. The van der Waals surface area contributed by atoms with Crippen LogP contribution in [0.1, 0.15) is 19.8 Å². The fraction of sp³-hybridized carbons (Fsp3) is 0.385. The molecule has 1 aromatic heterocycles. The van der Waals surface area contributed by atoms with Crippen molar-refractivity contribution in [2.24, 2.45) is 0 Å². The zero-order valence-corrected chi connectivity index (χ0v) is 11.1. The predicted octanol–water partition coefficient (Wildman–Crippen LogP) is 2.30. The summed E-state index contributed by atoms with van der Waals surface area (Å²) in [6.45, 7) is 5.90. The highest BCUT2D eigenvalue weighted by atomic mass is 35.5. The van der Waals surface area contributed by atoms with E-state index in [2.05, 4.69) is 22.9 Å². The van der Waals surface area contributed by atoms with Crippen LogP contribution in [0.15, 0.2) is 23.6 Å². The molecule has 0 spiro atoms. The van der Waals surface area contributed by atoms with Crippen LogP contribution >= 0.6 is 11.6 Å². The second-order valence-electron chi connectivity index (χ2n) is 3.81. The SMILES string of the molecule is C#CCC(CC)Nc1cnn(CC=C)c(=O)c1Cl. The third-order valence-electron chi connectivity index (χ3n) is 2.50. The third-order valence-corrected chi connectivity index (χ3v) is 2.87. The molecule has 1 aromatic rings. The quantitative estimate of drug-likeness (QED) is 0.634. The monoisotopic (exact) mass is 265 g/mol. The fourth-order valence-corrected chi connectivity index (χ4v) is 1.68. The topological polar surface area (TPSA) is 46.9 Å². The molecule has 5 heteroatoms. The Bertz CT molecular complexity index is 516. The van der Waals surface area contributed by atoms with Crippen LogP contribution in [0, 0.1) is 12.3 Å². The van der Waals surface area contributed by atoms with Gasteiger partial charge in [0, 0.05) is 12.5 Å². The molecule has 0 aliphatic heterocycles. The minimum Gasteiger partial charge on any atom is -0.379 e. The average molecular weight is 266 g/mol. The summed E-state index contributed by atoms with van der Waals surface area (Å²) < 4.78 is 1.25. The molecule has 1 unspecified atom stereocenters. The highest BCUT2D eigenvalue weighted by molar-refractivity contribution is 6.32. The Morgan fingerprint density at radius 1 is 1.78 bits per heavy atom. The molecular formula is C13H16ClN3O. The molecule has 1 N–H and O–H groups in total. The van der Waals surface area contributed by atoms with E-state index in [4.69, 9.17) is 18.0 Å². The first-order valence-corrected chi connectivity index (χ1v) is 6.08. The van der Waals surface area contributed by atoms with Gasteiger partial charge < -0.3 is 5.32 Å². The molecule has 96 valence electrons. The lowest BCUT2D eigenvalue weighted by Crippen LogP contribution is -2.26. The van der Waals surface area contributed by atoms with E-state index in [0.29, 0.717) is 18.7 Å². The van der Waals surface area contributed by atoms with Gasteiger partial charge in [-0.25, -0.2) is 4.68 Å². The highest BCUT2D eigenvalue weighted by Crippen LogP contribution is 2.18. The minimum absolute atomic E-state index is 0.0870. The van der Waals surface area contributed by atoms with E-state index in [1.165, 1.54) is 10.9 Å². The number of aromatic nitrogens is 2. The lowest BCUT2D eigenvalue weighted by Gasteiger charge is -2.16. The van der Waals surface area contributed by atoms with E-state index < -0.39 is 0 Å². The van der Waals surface area contributed by atoms with Crippen LogP contribution in [0.25, 0.3) is 0 Å². The Labute approximate surface area is 112 Å². The number of hydrogen-bond donors (Lipinski definition) is 1. The van der Waals surface area contributed by atoms with E-state index in [1.807, 2.05) is 6.92 Å². The number of anilines is 1. The summed E-state index contributed by atoms with van der Waals surface area (Å²) in [6.07, 6.45) is 9.81. The molecule has 4 nitrogen and oxygen atoms in total. The van der Waals surface area contributed by atoms with Crippen molar-refractivity contribution < 1.29 is 0 Å². The van der Waals surface area contributed by atoms with E-state index in [1.54, 1.807) is 6.08 Å². The van der Waals surface area contributed by atoms with Gasteiger partial charge in [0.1, 0.15) is 5.02 Å². The van der Waals surface area contributed by atoms with Crippen molar-refractivity contribution in [1.29, 1.82) is 0 Å². The van der Waals surface area contributed by atoms with Gasteiger partial charge >= 0.3 is 0 Å². The van der Waals surface area contributed by atoms with Crippen molar-refractivity contribution in [3.63, 3.8) is 0 Å². The van der Waals surface area contributed by atoms with Crippen molar-refractivity contribution in [2.45, 2.75) is 32.4 Å². The van der Waals surface area contributed by atoms with Crippen molar-refractivity contribution in [2.75, 3.05) is 5.32 Å². The second kappa shape index (κ2) is 6.87. The van der Waals surface area contributed by atoms with Gasteiger partial charge in [-0.15, -0.1) is 18.9 Å². The molecular weight excluding hydrogens is 250 g/mol. The van der Waals surface area contributed by atoms with E-state index in [9.17, 15) is 4.79 Å². The minimum atomic E-state index is -0.336. The van der Waals surface area contributed by atoms with Gasteiger partial charge in [-0.3, -0.25) is 4.79 Å². The number of nitrogens with zero attached hydrogens (tertiary/aromatic N) is 2. The van der Waals surface area contributed by atoms with Crippen molar-refractivity contribution >= 4 is 17.3 Å². The van der Waals surface area contributed by atoms with E-state index >= 15 is 0 Å². The molecule has 0 amide bonds. The molecule has 0 aliphatic carbocycles. The molecule has 18 heavy (non-hydrogen) atoms. The van der Waals surface area contributed by atoms with Crippen molar-refractivity contribution in [3.05, 3.63) is 34.2 Å². The van der Waals surface area contributed by atoms with Crippen molar-refractivity contribution in [1.82, 2.24) is 9.78 Å². The maximum atomic E-state index is 11.8. The largest absolute Gasteiger partial charge is 0.379 e. The molecule has 1 heterocycles. The molecule has 0 saturated carbocycles. The first-order chi connectivity index (χ1) is 8.63. The van der Waals surface area contributed by atoms with Gasteiger partial charge in [-0.2, -0.15) is 5.10 Å². The highest BCUT2D eigenvalue weighted by Gasteiger charge is 2.11. The van der Waals surface area contributed by atoms with Gasteiger partial charge in [0.15, 0.2) is 0 Å². The van der Waals surface area contributed by atoms with Crippen LogP contribution in [0.4, 0.5) is 5.69 Å². The van der Waals surface area contributed by atoms with Crippen LogP contribution in [0.2, 0.25) is 5.02 Å². The number of halogens is 1. The molecule has 1 atom stereocenters. The summed E-state index contributed by atoms with van der Waals surface area (Å²) in [5.74, 6) is 2.58. The zero-order chi connectivity index (χ0) is 13.5. The van der Waals surface area contributed by atoms with Crippen LogP contribution in [0.3, 0.4) is 0 Å². The summed E-state index contributed by atoms with van der Waals surface area (Å²) in [5, 5.41) is 7.27. The number of terminal acetylenes is 1. The Kier molecular flexibility index (Phi) is 5.47. The van der Waals surface area contributed by atoms with Gasteiger partial charge in [0.25, 0.3) is 5.56 Å². The Hall–Kier alpha value is -1.73. The lowest BCUT2D eigenvalue weighted by molar-refractivity contribution is 0.649. The molecule has 0 bridgehead atoms. The lowest BCUT2D eigenvalue weighted by atomic mass is 10.1. The zero-order valence-electron chi connectivity index (χ0n) is 10.3. The fourth-order valence-electron chi connectivity index (χ4n) is 1.48. The first-order valence-electron chi connectivity index (χ1n) is 5.70. The molecule has 0 saturated heterocycles. The summed E-state index contributed by atoms with van der Waals surface area (Å²) in [5.41, 5.74) is 0.182. The first kappa shape index (κ1) is 14.3. The number of hydrogen-bond acceptors (Lipinski definition) is 3. The second-order valence-corrected chi connectivity index (χ2v) is 4.18. The standard InChI is InChI=1S/C13H16ClN3O/c1-4-7-10(6-3)16-11-9-15-17(8-5-2)13(18)12(11)14/h1,5,9-10,16H,2,6-8H2,3H3.